The van der Waals surface area contributed by atoms with Gasteiger partial charge in [-0.3, -0.25) is 0 Å². The Labute approximate surface area is 157 Å². The van der Waals surface area contributed by atoms with Crippen molar-refractivity contribution in [3.05, 3.63) is 41.7 Å². The molecule has 3 aromatic rings. The maximum Gasteiger partial charge on any atom is 0.384 e. The molecule has 144 valence electrons. The summed E-state index contributed by atoms with van der Waals surface area (Å²) in [5, 5.41) is 0.715. The van der Waals surface area contributed by atoms with E-state index in [4.69, 9.17) is 15.7 Å². The third kappa shape index (κ3) is 3.81. The van der Waals surface area contributed by atoms with Gasteiger partial charge in [0, 0.05) is 50.4 Å². The lowest BCUT2D eigenvalue weighted by molar-refractivity contribution is 0.423. The van der Waals surface area contributed by atoms with Gasteiger partial charge in [0.1, 0.15) is 5.82 Å². The standard InChI is InChI=1S/C17H22N6O3S/c1-4-23-6-5-13-14(23)8-11(7-12-10-20-17(19)21-16(12)18)9-15(13)26-27(24,25)22(2)3/h5-6,8-10H,4,7H2,1-3H3,(H4,18,19,20,21). The van der Waals surface area contributed by atoms with Crippen LogP contribution in [0.25, 0.3) is 10.9 Å². The summed E-state index contributed by atoms with van der Waals surface area (Å²) >= 11 is 0. The number of benzene rings is 1. The lowest BCUT2D eigenvalue weighted by Crippen LogP contribution is -2.27. The highest BCUT2D eigenvalue weighted by atomic mass is 32.2. The van der Waals surface area contributed by atoms with E-state index in [1.807, 2.05) is 29.8 Å². The van der Waals surface area contributed by atoms with E-state index in [-0.39, 0.29) is 17.5 Å². The van der Waals surface area contributed by atoms with Crippen LogP contribution in [0.2, 0.25) is 0 Å². The van der Waals surface area contributed by atoms with E-state index in [1.165, 1.54) is 14.1 Å². The van der Waals surface area contributed by atoms with Gasteiger partial charge in [-0.25, -0.2) is 4.98 Å². The van der Waals surface area contributed by atoms with E-state index in [1.54, 1.807) is 12.3 Å². The SMILES string of the molecule is CCn1ccc2c(OS(=O)(=O)N(C)C)cc(Cc3cnc(N)nc3N)cc21. The largest absolute Gasteiger partial charge is 0.384 e. The maximum atomic E-state index is 12.2. The molecule has 1 aromatic carbocycles. The zero-order valence-corrected chi connectivity index (χ0v) is 16.2. The first-order chi connectivity index (χ1) is 12.7. The van der Waals surface area contributed by atoms with Crippen molar-refractivity contribution < 1.29 is 12.6 Å². The number of hydrogen-bond acceptors (Lipinski definition) is 7. The summed E-state index contributed by atoms with van der Waals surface area (Å²) in [5.74, 6) is 0.655. The number of hydrogen-bond donors (Lipinski definition) is 2. The number of aryl methyl sites for hydroxylation is 1. The Bertz CT molecular complexity index is 1090. The van der Waals surface area contributed by atoms with Gasteiger partial charge < -0.3 is 20.2 Å². The van der Waals surface area contributed by atoms with E-state index in [0.29, 0.717) is 17.4 Å². The summed E-state index contributed by atoms with van der Waals surface area (Å²) in [6, 6.07) is 5.51. The van der Waals surface area contributed by atoms with Gasteiger partial charge in [0.2, 0.25) is 5.95 Å². The maximum absolute atomic E-state index is 12.2. The number of anilines is 2. The number of aromatic nitrogens is 3. The molecule has 9 nitrogen and oxygen atoms in total. The topological polar surface area (TPSA) is 129 Å². The Morgan fingerprint density at radius 2 is 2.00 bits per heavy atom. The Kier molecular flexibility index (Phi) is 4.94. The van der Waals surface area contributed by atoms with Crippen molar-refractivity contribution in [2.24, 2.45) is 0 Å². The van der Waals surface area contributed by atoms with Gasteiger partial charge in [-0.2, -0.15) is 17.7 Å². The van der Waals surface area contributed by atoms with Gasteiger partial charge >= 0.3 is 10.3 Å². The molecule has 0 amide bonds. The zero-order valence-electron chi connectivity index (χ0n) is 15.4. The predicted molar refractivity (Wildman–Crippen MR) is 105 cm³/mol. The number of nitrogens with zero attached hydrogens (tertiary/aromatic N) is 4. The minimum Gasteiger partial charge on any atom is -0.383 e. The monoisotopic (exact) mass is 390 g/mol. The first kappa shape index (κ1) is 18.9. The predicted octanol–water partition coefficient (Wildman–Crippen LogP) is 1.39. The molecule has 0 atom stereocenters. The average Bonchev–Trinajstić information content (AvgIpc) is 3.00. The molecule has 0 radical (unpaired) electrons. The number of fused-ring (bicyclic) bond motifs is 1. The second-order valence-corrected chi connectivity index (χ2v) is 8.02. The molecule has 0 aliphatic carbocycles. The molecular formula is C17H22N6O3S. The Morgan fingerprint density at radius 1 is 1.26 bits per heavy atom. The fourth-order valence-electron chi connectivity index (χ4n) is 2.74. The van der Waals surface area contributed by atoms with Crippen LogP contribution in [0.1, 0.15) is 18.1 Å². The first-order valence-corrected chi connectivity index (χ1v) is 9.68. The molecule has 0 saturated heterocycles. The Hall–Kier alpha value is -2.85. The van der Waals surface area contributed by atoms with Crippen LogP contribution in [0, 0.1) is 0 Å². The van der Waals surface area contributed by atoms with E-state index in [9.17, 15) is 8.42 Å². The summed E-state index contributed by atoms with van der Waals surface area (Å²) in [6.45, 7) is 2.74. The van der Waals surface area contributed by atoms with Crippen molar-refractivity contribution in [3.63, 3.8) is 0 Å². The second kappa shape index (κ2) is 7.05. The van der Waals surface area contributed by atoms with Gasteiger partial charge in [0.05, 0.1) is 5.52 Å². The number of rotatable bonds is 6. The van der Waals surface area contributed by atoms with Crippen LogP contribution in [0.5, 0.6) is 5.75 Å². The summed E-state index contributed by atoms with van der Waals surface area (Å²) in [7, 11) is -1.05. The summed E-state index contributed by atoms with van der Waals surface area (Å²) in [5.41, 5.74) is 13.9. The molecule has 10 heteroatoms. The van der Waals surface area contributed by atoms with Gasteiger partial charge in [-0.1, -0.05) is 0 Å². The van der Waals surface area contributed by atoms with E-state index < -0.39 is 10.3 Å². The van der Waals surface area contributed by atoms with Crippen LogP contribution in [-0.4, -0.2) is 41.4 Å². The summed E-state index contributed by atoms with van der Waals surface area (Å²) < 4.78 is 32.8. The molecule has 0 bridgehead atoms. The van der Waals surface area contributed by atoms with Gasteiger partial charge in [-0.05, 0) is 30.7 Å². The van der Waals surface area contributed by atoms with Gasteiger partial charge in [-0.15, -0.1) is 0 Å². The molecule has 0 unspecified atom stereocenters. The van der Waals surface area contributed by atoms with Crippen molar-refractivity contribution in [2.45, 2.75) is 19.9 Å². The normalized spacial score (nSPS) is 12.0. The molecular weight excluding hydrogens is 368 g/mol. The molecule has 0 fully saturated rings. The van der Waals surface area contributed by atoms with Crippen LogP contribution in [0.15, 0.2) is 30.6 Å². The quantitative estimate of drug-likeness (QED) is 0.650. The van der Waals surface area contributed by atoms with E-state index in [2.05, 4.69) is 9.97 Å². The smallest absolute Gasteiger partial charge is 0.383 e. The fourth-order valence-corrected chi connectivity index (χ4v) is 3.26. The van der Waals surface area contributed by atoms with Crippen LogP contribution in [0.3, 0.4) is 0 Å². The molecule has 0 saturated carbocycles. The van der Waals surface area contributed by atoms with Crippen LogP contribution >= 0.6 is 0 Å². The van der Waals surface area contributed by atoms with E-state index in [0.717, 1.165) is 21.9 Å². The average molecular weight is 390 g/mol. The zero-order chi connectivity index (χ0) is 19.8. The molecule has 0 aliphatic rings. The fraction of sp³-hybridized carbons (Fsp3) is 0.294. The molecule has 2 aromatic heterocycles. The number of nitrogen functional groups attached to an aromatic ring is 2. The molecule has 0 aliphatic heterocycles. The second-order valence-electron chi connectivity index (χ2n) is 6.27. The molecule has 0 spiro atoms. The summed E-state index contributed by atoms with van der Waals surface area (Å²) in [6.07, 6.45) is 3.87. The lowest BCUT2D eigenvalue weighted by atomic mass is 10.0. The Balaban J connectivity index is 2.10. The van der Waals surface area contributed by atoms with Crippen molar-refractivity contribution in [2.75, 3.05) is 25.6 Å². The van der Waals surface area contributed by atoms with Crippen molar-refractivity contribution in [3.8, 4) is 5.75 Å². The molecule has 2 heterocycles. The highest BCUT2D eigenvalue weighted by molar-refractivity contribution is 7.84. The molecule has 3 rings (SSSR count). The van der Waals surface area contributed by atoms with Crippen LogP contribution in [-0.2, 0) is 23.3 Å². The first-order valence-electron chi connectivity index (χ1n) is 8.32. The third-order valence-electron chi connectivity index (χ3n) is 4.20. The third-order valence-corrected chi connectivity index (χ3v) is 5.49. The highest BCUT2D eigenvalue weighted by Gasteiger charge is 2.19. The van der Waals surface area contributed by atoms with Crippen molar-refractivity contribution in [1.82, 2.24) is 18.8 Å². The minimum atomic E-state index is -3.89. The lowest BCUT2D eigenvalue weighted by Gasteiger charge is -2.15. The molecule has 4 N–H and O–H groups in total. The van der Waals surface area contributed by atoms with Gasteiger partial charge in [0.15, 0.2) is 5.75 Å². The summed E-state index contributed by atoms with van der Waals surface area (Å²) in [4.78, 5) is 7.94. The number of nitrogens with two attached hydrogens (primary N) is 2. The highest BCUT2D eigenvalue weighted by Crippen LogP contribution is 2.31. The Morgan fingerprint density at radius 3 is 2.63 bits per heavy atom. The molecule has 27 heavy (non-hydrogen) atoms. The van der Waals surface area contributed by atoms with E-state index >= 15 is 0 Å². The van der Waals surface area contributed by atoms with Crippen molar-refractivity contribution >= 4 is 33.0 Å². The minimum absolute atomic E-state index is 0.104. The van der Waals surface area contributed by atoms with Gasteiger partial charge in [0.25, 0.3) is 0 Å². The van der Waals surface area contributed by atoms with Crippen LogP contribution in [0.4, 0.5) is 11.8 Å². The van der Waals surface area contributed by atoms with Crippen LogP contribution < -0.4 is 15.7 Å². The van der Waals surface area contributed by atoms with Crippen molar-refractivity contribution in [1.29, 1.82) is 0 Å².